The van der Waals surface area contributed by atoms with E-state index in [0.717, 1.165) is 16.9 Å². The van der Waals surface area contributed by atoms with E-state index < -0.39 is 0 Å². The average Bonchev–Trinajstić information content (AvgIpc) is 2.57. The minimum Gasteiger partial charge on any atom is -0.493 e. The van der Waals surface area contributed by atoms with Gasteiger partial charge in [0, 0.05) is 11.8 Å². The lowest BCUT2D eigenvalue weighted by Crippen LogP contribution is -1.93. The maximum atomic E-state index is 5.89. The molecule has 0 atom stereocenters. The predicted molar refractivity (Wildman–Crippen MR) is 87.2 cm³/mol. The number of nitrogens with two attached hydrogens (primary N) is 1. The number of nitrogen functional groups attached to an aromatic ring is 1. The highest BCUT2D eigenvalue weighted by Crippen LogP contribution is 2.32. The van der Waals surface area contributed by atoms with Crippen LogP contribution in [0.5, 0.6) is 17.2 Å². The summed E-state index contributed by atoms with van der Waals surface area (Å²) in [5, 5.41) is 0. The highest BCUT2D eigenvalue weighted by atomic mass is 16.5. The van der Waals surface area contributed by atoms with Crippen molar-refractivity contribution < 1.29 is 9.47 Å². The van der Waals surface area contributed by atoms with Gasteiger partial charge in [-0.2, -0.15) is 0 Å². The van der Waals surface area contributed by atoms with Gasteiger partial charge in [-0.25, -0.2) is 4.98 Å². The molecule has 3 aromatic rings. The Hall–Kier alpha value is -3.01. The molecule has 0 unspecified atom stereocenters. The molecule has 22 heavy (non-hydrogen) atoms. The van der Waals surface area contributed by atoms with Gasteiger partial charge in [0.15, 0.2) is 11.5 Å². The maximum absolute atomic E-state index is 5.89. The Bertz CT molecular complexity index is 770. The summed E-state index contributed by atoms with van der Waals surface area (Å²) >= 11 is 0. The van der Waals surface area contributed by atoms with Gasteiger partial charge in [-0.3, -0.25) is 0 Å². The molecule has 1 aromatic heterocycles. The molecule has 0 aliphatic heterocycles. The molecule has 0 amide bonds. The second-order valence-electron chi connectivity index (χ2n) is 4.71. The number of nitrogens with zero attached hydrogens (tertiary/aromatic N) is 1. The third-order valence-electron chi connectivity index (χ3n) is 3.30. The van der Waals surface area contributed by atoms with E-state index in [1.54, 1.807) is 13.3 Å². The van der Waals surface area contributed by atoms with Gasteiger partial charge in [-0.1, -0.05) is 24.3 Å². The van der Waals surface area contributed by atoms with E-state index in [4.69, 9.17) is 15.2 Å². The van der Waals surface area contributed by atoms with Gasteiger partial charge in [0.05, 0.1) is 7.11 Å². The van der Waals surface area contributed by atoms with Crippen molar-refractivity contribution in [2.24, 2.45) is 0 Å². The van der Waals surface area contributed by atoms with Crippen molar-refractivity contribution in [3.05, 3.63) is 66.9 Å². The first-order valence-corrected chi connectivity index (χ1v) is 6.90. The van der Waals surface area contributed by atoms with E-state index in [1.165, 1.54) is 0 Å². The summed E-state index contributed by atoms with van der Waals surface area (Å²) in [6.45, 7) is 0. The second kappa shape index (κ2) is 6.18. The molecule has 0 aliphatic carbocycles. The molecule has 4 nitrogen and oxygen atoms in total. The third-order valence-corrected chi connectivity index (χ3v) is 3.30. The van der Waals surface area contributed by atoms with Crippen molar-refractivity contribution in [3.63, 3.8) is 0 Å². The zero-order valence-electron chi connectivity index (χ0n) is 12.2. The van der Waals surface area contributed by atoms with Crippen molar-refractivity contribution >= 4 is 5.82 Å². The predicted octanol–water partition coefficient (Wildman–Crippen LogP) is 4.13. The summed E-state index contributed by atoms with van der Waals surface area (Å²) in [4.78, 5) is 4.10. The van der Waals surface area contributed by atoms with E-state index >= 15 is 0 Å². The monoisotopic (exact) mass is 292 g/mol. The molecule has 1 heterocycles. The quantitative estimate of drug-likeness (QED) is 0.785. The molecule has 0 saturated heterocycles. The number of aromatic nitrogens is 1. The molecular formula is C18H16N2O2. The molecule has 0 bridgehead atoms. The number of hydrogen-bond acceptors (Lipinski definition) is 4. The van der Waals surface area contributed by atoms with Crippen molar-refractivity contribution in [2.45, 2.75) is 0 Å². The fourth-order valence-corrected chi connectivity index (χ4v) is 2.19. The summed E-state index contributed by atoms with van der Waals surface area (Å²) in [7, 11) is 1.62. The minimum atomic E-state index is 0.515. The van der Waals surface area contributed by atoms with E-state index in [2.05, 4.69) is 4.98 Å². The van der Waals surface area contributed by atoms with Crippen LogP contribution in [0.15, 0.2) is 66.9 Å². The van der Waals surface area contributed by atoms with Crippen LogP contribution in [0.3, 0.4) is 0 Å². The van der Waals surface area contributed by atoms with Crippen LogP contribution < -0.4 is 15.2 Å². The zero-order chi connectivity index (χ0) is 15.4. The van der Waals surface area contributed by atoms with Gasteiger partial charge < -0.3 is 15.2 Å². The van der Waals surface area contributed by atoms with Gasteiger partial charge in [0.2, 0.25) is 0 Å². The average molecular weight is 292 g/mol. The Morgan fingerprint density at radius 2 is 1.59 bits per heavy atom. The summed E-state index contributed by atoms with van der Waals surface area (Å²) < 4.78 is 11.1. The first-order valence-electron chi connectivity index (χ1n) is 6.90. The van der Waals surface area contributed by atoms with Crippen LogP contribution in [0.4, 0.5) is 5.82 Å². The van der Waals surface area contributed by atoms with Crippen molar-refractivity contribution in [3.8, 4) is 28.4 Å². The molecule has 3 rings (SSSR count). The van der Waals surface area contributed by atoms with Crippen LogP contribution in [0.1, 0.15) is 0 Å². The van der Waals surface area contributed by atoms with Crippen LogP contribution in [-0.2, 0) is 0 Å². The number of hydrogen-bond donors (Lipinski definition) is 1. The normalized spacial score (nSPS) is 10.2. The molecule has 2 N–H and O–H groups in total. The molecule has 0 saturated carbocycles. The lowest BCUT2D eigenvalue weighted by Gasteiger charge is -2.10. The topological polar surface area (TPSA) is 57.4 Å². The number of anilines is 1. The Morgan fingerprint density at radius 3 is 2.27 bits per heavy atom. The Balaban J connectivity index is 1.84. The van der Waals surface area contributed by atoms with Gasteiger partial charge >= 0.3 is 0 Å². The van der Waals surface area contributed by atoms with E-state index in [0.29, 0.717) is 17.3 Å². The fraction of sp³-hybridized carbons (Fsp3) is 0.0556. The number of methoxy groups -OCH3 is 1. The smallest absolute Gasteiger partial charge is 0.169 e. The molecule has 4 heteroatoms. The Labute approximate surface area is 129 Å². The van der Waals surface area contributed by atoms with Gasteiger partial charge in [0.25, 0.3) is 0 Å². The standard InChI is InChI=1S/C18H16N2O2/c1-21-16-6-2-3-7-17(16)22-14-10-8-13(9-11-14)15-5-4-12-20-18(15)19/h2-12H,1H3,(H2,19,20). The Morgan fingerprint density at radius 1 is 0.864 bits per heavy atom. The maximum Gasteiger partial charge on any atom is 0.169 e. The van der Waals surface area contributed by atoms with Crippen LogP contribution in [-0.4, -0.2) is 12.1 Å². The summed E-state index contributed by atoms with van der Waals surface area (Å²) in [5.41, 5.74) is 7.80. The van der Waals surface area contributed by atoms with Crippen molar-refractivity contribution in [1.82, 2.24) is 4.98 Å². The first kappa shape index (κ1) is 13.9. The third kappa shape index (κ3) is 2.86. The van der Waals surface area contributed by atoms with Gasteiger partial charge in [-0.05, 0) is 42.0 Å². The molecular weight excluding hydrogens is 276 g/mol. The number of ether oxygens (including phenoxy) is 2. The highest BCUT2D eigenvalue weighted by Gasteiger charge is 2.06. The molecule has 0 spiro atoms. The van der Waals surface area contributed by atoms with E-state index in [-0.39, 0.29) is 0 Å². The van der Waals surface area contributed by atoms with Crippen LogP contribution in [0, 0.1) is 0 Å². The van der Waals surface area contributed by atoms with Crippen LogP contribution >= 0.6 is 0 Å². The van der Waals surface area contributed by atoms with Crippen molar-refractivity contribution in [2.75, 3.05) is 12.8 Å². The SMILES string of the molecule is COc1ccccc1Oc1ccc(-c2cccnc2N)cc1. The molecule has 0 fully saturated rings. The van der Waals surface area contributed by atoms with E-state index in [9.17, 15) is 0 Å². The lowest BCUT2D eigenvalue weighted by molar-refractivity contribution is 0.379. The van der Waals surface area contributed by atoms with Crippen LogP contribution in [0.25, 0.3) is 11.1 Å². The largest absolute Gasteiger partial charge is 0.493 e. The van der Waals surface area contributed by atoms with Crippen LogP contribution in [0.2, 0.25) is 0 Å². The second-order valence-corrected chi connectivity index (χ2v) is 4.71. The molecule has 110 valence electrons. The number of para-hydroxylation sites is 2. The molecule has 0 aliphatic rings. The number of rotatable bonds is 4. The zero-order valence-corrected chi connectivity index (χ0v) is 12.2. The number of pyridine rings is 1. The van der Waals surface area contributed by atoms with Gasteiger partial charge in [-0.15, -0.1) is 0 Å². The molecule has 0 radical (unpaired) electrons. The minimum absolute atomic E-state index is 0.515. The summed E-state index contributed by atoms with van der Waals surface area (Å²) in [6, 6.07) is 19.1. The molecule has 2 aromatic carbocycles. The first-order chi connectivity index (χ1) is 10.8. The highest BCUT2D eigenvalue weighted by molar-refractivity contribution is 5.73. The van der Waals surface area contributed by atoms with E-state index in [1.807, 2.05) is 60.7 Å². The number of benzene rings is 2. The van der Waals surface area contributed by atoms with Gasteiger partial charge in [0.1, 0.15) is 11.6 Å². The van der Waals surface area contributed by atoms with Crippen molar-refractivity contribution in [1.29, 1.82) is 0 Å². The lowest BCUT2D eigenvalue weighted by atomic mass is 10.1. The summed E-state index contributed by atoms with van der Waals surface area (Å²) in [5.74, 6) is 2.62. The Kier molecular flexibility index (Phi) is 3.92. The fourth-order valence-electron chi connectivity index (χ4n) is 2.19. The summed E-state index contributed by atoms with van der Waals surface area (Å²) in [6.07, 6.45) is 1.68.